The minimum atomic E-state index is -0.381. The lowest BCUT2D eigenvalue weighted by atomic mass is 10.2. The van der Waals surface area contributed by atoms with E-state index in [-0.39, 0.29) is 12.5 Å². The topological polar surface area (TPSA) is 67.5 Å². The van der Waals surface area contributed by atoms with Crippen molar-refractivity contribution < 1.29 is 4.79 Å². The molecular formula is C8H15N3OS. The standard InChI is InChI=1S/C8H15N3OS/c1-2-6-3-4-13-8(11-6)10-5-7(9)12/h6H,2-5H2,1H3,(H2,9,12)(H,10,11). The highest BCUT2D eigenvalue weighted by molar-refractivity contribution is 8.13. The molecule has 3 N–H and O–H groups in total. The van der Waals surface area contributed by atoms with Crippen molar-refractivity contribution in [2.75, 3.05) is 12.3 Å². The fourth-order valence-electron chi connectivity index (χ4n) is 1.13. The maximum atomic E-state index is 10.5. The number of hydrogen-bond donors (Lipinski definition) is 2. The summed E-state index contributed by atoms with van der Waals surface area (Å²) in [5, 5.41) is 4.12. The lowest BCUT2D eigenvalue weighted by Gasteiger charge is -2.23. The van der Waals surface area contributed by atoms with E-state index in [2.05, 4.69) is 17.2 Å². The summed E-state index contributed by atoms with van der Waals surface area (Å²) in [7, 11) is 0. The smallest absolute Gasteiger partial charge is 0.239 e. The van der Waals surface area contributed by atoms with Crippen LogP contribution in [0.25, 0.3) is 0 Å². The first-order valence-electron chi connectivity index (χ1n) is 4.44. The van der Waals surface area contributed by atoms with Gasteiger partial charge in [0, 0.05) is 11.8 Å². The zero-order valence-corrected chi connectivity index (χ0v) is 8.56. The summed E-state index contributed by atoms with van der Waals surface area (Å²) in [6, 6.07) is 0.507. The van der Waals surface area contributed by atoms with Crippen molar-refractivity contribution in [3.63, 3.8) is 0 Å². The van der Waals surface area contributed by atoms with Gasteiger partial charge in [-0.3, -0.25) is 9.79 Å². The lowest BCUT2D eigenvalue weighted by Crippen LogP contribution is -2.37. The van der Waals surface area contributed by atoms with Crippen LogP contribution in [0, 0.1) is 0 Å². The molecule has 1 rings (SSSR count). The molecule has 0 aromatic heterocycles. The summed E-state index contributed by atoms with van der Waals surface area (Å²) < 4.78 is 0. The van der Waals surface area contributed by atoms with Gasteiger partial charge in [-0.15, -0.1) is 0 Å². The van der Waals surface area contributed by atoms with E-state index < -0.39 is 0 Å². The molecule has 1 unspecified atom stereocenters. The number of primary amides is 1. The number of amides is 1. The number of amidine groups is 1. The third kappa shape index (κ3) is 3.67. The number of hydrogen-bond acceptors (Lipinski definition) is 3. The predicted molar refractivity (Wildman–Crippen MR) is 55.8 cm³/mol. The maximum Gasteiger partial charge on any atom is 0.239 e. The molecule has 4 nitrogen and oxygen atoms in total. The molecule has 1 heterocycles. The molecule has 1 atom stereocenters. The quantitative estimate of drug-likeness (QED) is 0.691. The number of nitrogens with one attached hydrogen (secondary N) is 1. The van der Waals surface area contributed by atoms with Gasteiger partial charge in [0.2, 0.25) is 5.91 Å². The number of nitrogens with two attached hydrogens (primary N) is 1. The third-order valence-electron chi connectivity index (χ3n) is 1.90. The van der Waals surface area contributed by atoms with Crippen LogP contribution in [0.4, 0.5) is 0 Å². The van der Waals surface area contributed by atoms with Crippen LogP contribution in [0.1, 0.15) is 19.8 Å². The molecule has 0 radical (unpaired) electrons. The second-order valence-corrected chi connectivity index (χ2v) is 4.06. The monoisotopic (exact) mass is 201 g/mol. The molecule has 74 valence electrons. The van der Waals surface area contributed by atoms with Crippen molar-refractivity contribution in [1.29, 1.82) is 0 Å². The Bertz CT molecular complexity index is 217. The van der Waals surface area contributed by atoms with Crippen molar-refractivity contribution in [2.24, 2.45) is 10.7 Å². The second kappa shape index (κ2) is 5.11. The van der Waals surface area contributed by atoms with E-state index in [1.807, 2.05) is 0 Å². The molecule has 0 aromatic carbocycles. The highest BCUT2D eigenvalue weighted by Crippen LogP contribution is 2.15. The van der Waals surface area contributed by atoms with Crippen LogP contribution in [0.15, 0.2) is 4.99 Å². The van der Waals surface area contributed by atoms with Crippen molar-refractivity contribution >= 4 is 22.8 Å². The van der Waals surface area contributed by atoms with Gasteiger partial charge in [0.25, 0.3) is 0 Å². The molecule has 5 heteroatoms. The van der Waals surface area contributed by atoms with Gasteiger partial charge in [0.1, 0.15) is 6.54 Å². The SMILES string of the molecule is CCC1CCSC(=NCC(N)=O)N1. The van der Waals surface area contributed by atoms with Crippen molar-refractivity contribution in [1.82, 2.24) is 5.32 Å². The fraction of sp³-hybridized carbons (Fsp3) is 0.750. The molecule has 1 fully saturated rings. The number of carbonyl (C=O) groups is 1. The van der Waals surface area contributed by atoms with Crippen LogP contribution in [-0.4, -0.2) is 29.4 Å². The first-order chi connectivity index (χ1) is 6.22. The summed E-state index contributed by atoms with van der Waals surface area (Å²) in [5.41, 5.74) is 4.99. The zero-order chi connectivity index (χ0) is 9.68. The van der Waals surface area contributed by atoms with E-state index in [1.54, 1.807) is 11.8 Å². The van der Waals surface area contributed by atoms with Crippen LogP contribution < -0.4 is 11.1 Å². The van der Waals surface area contributed by atoms with Gasteiger partial charge in [0.15, 0.2) is 5.17 Å². The third-order valence-corrected chi connectivity index (χ3v) is 2.86. The lowest BCUT2D eigenvalue weighted by molar-refractivity contribution is -0.116. The Balaban J connectivity index is 2.41. The number of nitrogens with zero attached hydrogens (tertiary/aromatic N) is 1. The summed E-state index contributed by atoms with van der Waals surface area (Å²) in [6.45, 7) is 2.23. The van der Waals surface area contributed by atoms with Crippen LogP contribution in [0.3, 0.4) is 0 Å². The molecule has 0 aromatic rings. The Labute approximate surface area is 82.4 Å². The Morgan fingerprint density at radius 3 is 3.23 bits per heavy atom. The predicted octanol–water partition coefficient (Wildman–Crippen LogP) is 0.333. The van der Waals surface area contributed by atoms with Gasteiger partial charge >= 0.3 is 0 Å². The molecule has 0 bridgehead atoms. The molecule has 0 aliphatic carbocycles. The highest BCUT2D eigenvalue weighted by Gasteiger charge is 2.15. The van der Waals surface area contributed by atoms with Crippen LogP contribution >= 0.6 is 11.8 Å². The molecular weight excluding hydrogens is 186 g/mol. The maximum absolute atomic E-state index is 10.5. The zero-order valence-electron chi connectivity index (χ0n) is 7.75. The molecule has 1 aliphatic rings. The van der Waals surface area contributed by atoms with Crippen molar-refractivity contribution in [2.45, 2.75) is 25.8 Å². The summed E-state index contributed by atoms with van der Waals surface area (Å²) in [6.07, 6.45) is 2.26. The molecule has 1 saturated heterocycles. The Morgan fingerprint density at radius 2 is 2.62 bits per heavy atom. The first-order valence-corrected chi connectivity index (χ1v) is 5.43. The van der Waals surface area contributed by atoms with E-state index in [4.69, 9.17) is 5.73 Å². The summed E-state index contributed by atoms with van der Waals surface area (Å²) in [5.74, 6) is 0.692. The van der Waals surface area contributed by atoms with Crippen LogP contribution in [-0.2, 0) is 4.79 Å². The second-order valence-electron chi connectivity index (χ2n) is 2.97. The normalized spacial score (nSPS) is 25.6. The number of carbonyl (C=O) groups excluding carboxylic acids is 1. The van der Waals surface area contributed by atoms with Crippen LogP contribution in [0.5, 0.6) is 0 Å². The van der Waals surface area contributed by atoms with Crippen LogP contribution in [0.2, 0.25) is 0 Å². The number of rotatable bonds is 3. The van der Waals surface area contributed by atoms with E-state index in [9.17, 15) is 4.79 Å². The van der Waals surface area contributed by atoms with E-state index in [0.29, 0.717) is 6.04 Å². The Hall–Kier alpha value is -0.710. The minimum absolute atomic E-state index is 0.0891. The molecule has 0 saturated carbocycles. The summed E-state index contributed by atoms with van der Waals surface area (Å²) in [4.78, 5) is 14.5. The van der Waals surface area contributed by atoms with Gasteiger partial charge in [-0.05, 0) is 12.8 Å². The average Bonchev–Trinajstić information content (AvgIpc) is 2.15. The van der Waals surface area contributed by atoms with E-state index in [0.717, 1.165) is 23.8 Å². The van der Waals surface area contributed by atoms with Gasteiger partial charge in [-0.2, -0.15) is 0 Å². The van der Waals surface area contributed by atoms with Gasteiger partial charge < -0.3 is 11.1 Å². The average molecular weight is 201 g/mol. The molecule has 1 amide bonds. The Morgan fingerprint density at radius 1 is 1.85 bits per heavy atom. The number of aliphatic imine (C=N–C) groups is 1. The Kier molecular flexibility index (Phi) is 4.08. The highest BCUT2D eigenvalue weighted by atomic mass is 32.2. The van der Waals surface area contributed by atoms with Gasteiger partial charge in [-0.25, -0.2) is 0 Å². The molecule has 1 aliphatic heterocycles. The van der Waals surface area contributed by atoms with Gasteiger partial charge in [-0.1, -0.05) is 18.7 Å². The summed E-state index contributed by atoms with van der Waals surface area (Å²) >= 11 is 1.66. The first kappa shape index (κ1) is 10.4. The van der Waals surface area contributed by atoms with E-state index >= 15 is 0 Å². The molecule has 0 spiro atoms. The fourth-order valence-corrected chi connectivity index (χ4v) is 2.14. The van der Waals surface area contributed by atoms with Crippen molar-refractivity contribution in [3.8, 4) is 0 Å². The molecule has 13 heavy (non-hydrogen) atoms. The van der Waals surface area contributed by atoms with E-state index in [1.165, 1.54) is 0 Å². The van der Waals surface area contributed by atoms with Gasteiger partial charge in [0.05, 0.1) is 0 Å². The largest absolute Gasteiger partial charge is 0.368 e. The minimum Gasteiger partial charge on any atom is -0.368 e. The van der Waals surface area contributed by atoms with Crippen molar-refractivity contribution in [3.05, 3.63) is 0 Å². The number of thioether (sulfide) groups is 1.